The zero-order valence-electron chi connectivity index (χ0n) is 18.4. The number of rotatable bonds is 7. The molecule has 1 amide bonds. The summed E-state index contributed by atoms with van der Waals surface area (Å²) >= 11 is 0. The second-order valence-electron chi connectivity index (χ2n) is 7.92. The molecule has 3 aromatic heterocycles. The van der Waals surface area contributed by atoms with Crippen molar-refractivity contribution in [1.29, 1.82) is 0 Å². The van der Waals surface area contributed by atoms with Gasteiger partial charge in [0.15, 0.2) is 5.82 Å². The summed E-state index contributed by atoms with van der Waals surface area (Å²) in [5, 5.41) is 8.25. The maximum Gasteiger partial charge on any atom is 0.260 e. The molecule has 0 unspecified atom stereocenters. The number of amides is 1. The van der Waals surface area contributed by atoms with E-state index in [2.05, 4.69) is 17.1 Å². The highest BCUT2D eigenvalue weighted by Gasteiger charge is 2.34. The van der Waals surface area contributed by atoms with E-state index in [0.717, 1.165) is 36.5 Å². The summed E-state index contributed by atoms with van der Waals surface area (Å²) in [5.41, 5.74) is 9.33. The van der Waals surface area contributed by atoms with Crippen molar-refractivity contribution in [2.24, 2.45) is 5.73 Å². The summed E-state index contributed by atoms with van der Waals surface area (Å²) in [5.74, 6) is 1.90. The van der Waals surface area contributed by atoms with Gasteiger partial charge in [0.05, 0.1) is 17.8 Å². The molecule has 0 aromatic carbocycles. The van der Waals surface area contributed by atoms with Crippen molar-refractivity contribution in [3.05, 3.63) is 47.4 Å². The molecule has 0 saturated heterocycles. The summed E-state index contributed by atoms with van der Waals surface area (Å²) in [6.07, 6.45) is 3.41. The first-order valence-electron chi connectivity index (χ1n) is 10.6. The van der Waals surface area contributed by atoms with Crippen LogP contribution < -0.4 is 15.5 Å². The molecular formula is C22H28N8O. The number of nitrogens with zero attached hydrogens (tertiary/aromatic N) is 7. The van der Waals surface area contributed by atoms with Crippen molar-refractivity contribution in [3.63, 3.8) is 0 Å². The predicted molar refractivity (Wildman–Crippen MR) is 120 cm³/mol. The third-order valence-electron chi connectivity index (χ3n) is 5.50. The molecule has 9 nitrogen and oxygen atoms in total. The van der Waals surface area contributed by atoms with E-state index in [1.165, 1.54) is 0 Å². The smallest absolute Gasteiger partial charge is 0.260 e. The molecule has 2 N–H and O–H groups in total. The molecule has 0 radical (unpaired) electrons. The number of aryl methyl sites for hydroxylation is 1. The van der Waals surface area contributed by atoms with Gasteiger partial charge in [0.1, 0.15) is 23.7 Å². The largest absolute Gasteiger partial charge is 0.363 e. The molecule has 31 heavy (non-hydrogen) atoms. The standard InChI is InChI=1S/C22H28N8O/c1-5-10-29-13-24-27-21(29)17-8-7-9-18(25-17)30-12-15-14(22(30)31)11-19(28(3)4)26-20(15)16(23)6-2/h7-9,11,13,16H,5-6,10,12,23H2,1-4H3/t16-/m1/s1. The molecule has 3 aromatic rings. The Morgan fingerprint density at radius 3 is 2.74 bits per heavy atom. The first kappa shape index (κ1) is 20.9. The number of anilines is 2. The number of fused-ring (bicyclic) bond motifs is 1. The van der Waals surface area contributed by atoms with Crippen molar-refractivity contribution in [3.8, 4) is 11.5 Å². The molecule has 1 aliphatic heterocycles. The Labute approximate surface area is 181 Å². The van der Waals surface area contributed by atoms with Crippen LogP contribution in [0, 0.1) is 0 Å². The average molecular weight is 421 g/mol. The number of nitrogens with two attached hydrogens (primary N) is 1. The Hall–Kier alpha value is -3.33. The van der Waals surface area contributed by atoms with E-state index >= 15 is 0 Å². The zero-order valence-corrected chi connectivity index (χ0v) is 18.4. The van der Waals surface area contributed by atoms with Gasteiger partial charge in [-0.25, -0.2) is 9.97 Å². The van der Waals surface area contributed by atoms with E-state index in [9.17, 15) is 4.79 Å². The Morgan fingerprint density at radius 1 is 1.23 bits per heavy atom. The topological polar surface area (TPSA) is 106 Å². The van der Waals surface area contributed by atoms with E-state index in [1.807, 2.05) is 54.8 Å². The van der Waals surface area contributed by atoms with E-state index in [4.69, 9.17) is 15.7 Å². The summed E-state index contributed by atoms with van der Waals surface area (Å²) in [7, 11) is 3.81. The lowest BCUT2D eigenvalue weighted by atomic mass is 10.0. The fourth-order valence-corrected chi connectivity index (χ4v) is 3.78. The zero-order chi connectivity index (χ0) is 22.1. The molecule has 1 atom stereocenters. The molecule has 0 saturated carbocycles. The number of pyridine rings is 2. The lowest BCUT2D eigenvalue weighted by molar-refractivity contribution is 0.0996. The SMILES string of the molecule is CCCn1cnnc1-c1cccc(N2Cc3c(cc(N(C)C)nc3[C@H](N)CC)C2=O)n1. The molecule has 9 heteroatoms. The minimum Gasteiger partial charge on any atom is -0.363 e. The third kappa shape index (κ3) is 3.76. The number of carbonyl (C=O) groups excluding carboxylic acids is 1. The van der Waals surface area contributed by atoms with Crippen LogP contribution in [-0.4, -0.2) is 44.7 Å². The molecule has 4 rings (SSSR count). The van der Waals surface area contributed by atoms with Gasteiger partial charge in [-0.15, -0.1) is 10.2 Å². The highest BCUT2D eigenvalue weighted by atomic mass is 16.2. The molecule has 4 heterocycles. The van der Waals surface area contributed by atoms with Gasteiger partial charge < -0.3 is 15.2 Å². The number of carbonyl (C=O) groups is 1. The predicted octanol–water partition coefficient (Wildman–Crippen LogP) is 2.78. The first-order chi connectivity index (χ1) is 14.9. The van der Waals surface area contributed by atoms with Gasteiger partial charge in [0.25, 0.3) is 5.91 Å². The van der Waals surface area contributed by atoms with Gasteiger partial charge in [-0.05, 0) is 31.0 Å². The summed E-state index contributed by atoms with van der Waals surface area (Å²) in [4.78, 5) is 26.4. The van der Waals surface area contributed by atoms with Crippen LogP contribution >= 0.6 is 0 Å². The molecule has 1 aliphatic rings. The van der Waals surface area contributed by atoms with Crippen molar-refractivity contribution in [1.82, 2.24) is 24.7 Å². The molecule has 162 valence electrons. The maximum absolute atomic E-state index is 13.4. The van der Waals surface area contributed by atoms with Crippen molar-refractivity contribution in [2.45, 2.75) is 45.8 Å². The molecule has 0 spiro atoms. The van der Waals surface area contributed by atoms with Crippen LogP contribution in [0.15, 0.2) is 30.6 Å². The van der Waals surface area contributed by atoms with Gasteiger partial charge in [-0.2, -0.15) is 0 Å². The third-order valence-corrected chi connectivity index (χ3v) is 5.50. The van der Waals surface area contributed by atoms with E-state index < -0.39 is 0 Å². The van der Waals surface area contributed by atoms with Gasteiger partial charge in [0, 0.05) is 32.2 Å². The quantitative estimate of drug-likeness (QED) is 0.626. The minimum atomic E-state index is -0.228. The molecular weight excluding hydrogens is 392 g/mol. The molecule has 0 fully saturated rings. The molecule has 0 aliphatic carbocycles. The Bertz CT molecular complexity index is 1110. The highest BCUT2D eigenvalue weighted by Crippen LogP contribution is 2.34. The number of hydrogen-bond acceptors (Lipinski definition) is 7. The lowest BCUT2D eigenvalue weighted by Gasteiger charge is -2.18. The number of aromatic nitrogens is 5. The number of hydrogen-bond donors (Lipinski definition) is 1. The van der Waals surface area contributed by atoms with Gasteiger partial charge in [-0.1, -0.05) is 19.9 Å². The second kappa shape index (κ2) is 8.43. The normalized spacial score (nSPS) is 14.1. The van der Waals surface area contributed by atoms with Crippen LogP contribution in [0.5, 0.6) is 0 Å². The van der Waals surface area contributed by atoms with Gasteiger partial charge >= 0.3 is 0 Å². The van der Waals surface area contributed by atoms with Crippen LogP contribution in [0.2, 0.25) is 0 Å². The lowest BCUT2D eigenvalue weighted by Crippen LogP contribution is -2.24. The average Bonchev–Trinajstić information content (AvgIpc) is 3.37. The fraction of sp³-hybridized carbons (Fsp3) is 0.409. The monoisotopic (exact) mass is 420 g/mol. The molecule has 0 bridgehead atoms. The summed E-state index contributed by atoms with van der Waals surface area (Å²) in [6.45, 7) is 5.32. The van der Waals surface area contributed by atoms with Crippen LogP contribution in [0.1, 0.15) is 54.3 Å². The first-order valence-corrected chi connectivity index (χ1v) is 10.6. The summed E-state index contributed by atoms with van der Waals surface area (Å²) in [6, 6.07) is 7.23. The van der Waals surface area contributed by atoms with Crippen LogP contribution in [0.3, 0.4) is 0 Å². The van der Waals surface area contributed by atoms with Crippen molar-refractivity contribution in [2.75, 3.05) is 23.9 Å². The Kier molecular flexibility index (Phi) is 5.69. The fourth-order valence-electron chi connectivity index (χ4n) is 3.78. The Morgan fingerprint density at radius 2 is 2.03 bits per heavy atom. The highest BCUT2D eigenvalue weighted by molar-refractivity contribution is 6.10. The van der Waals surface area contributed by atoms with Gasteiger partial charge in [-0.3, -0.25) is 9.69 Å². The van der Waals surface area contributed by atoms with Crippen LogP contribution in [0.25, 0.3) is 11.5 Å². The van der Waals surface area contributed by atoms with E-state index in [-0.39, 0.29) is 11.9 Å². The second-order valence-corrected chi connectivity index (χ2v) is 7.92. The van der Waals surface area contributed by atoms with Crippen LogP contribution in [0.4, 0.5) is 11.6 Å². The summed E-state index contributed by atoms with van der Waals surface area (Å²) < 4.78 is 1.97. The minimum absolute atomic E-state index is 0.0928. The van der Waals surface area contributed by atoms with Crippen LogP contribution in [-0.2, 0) is 13.1 Å². The maximum atomic E-state index is 13.4. The van der Waals surface area contributed by atoms with E-state index in [0.29, 0.717) is 29.4 Å². The van der Waals surface area contributed by atoms with Crippen molar-refractivity contribution < 1.29 is 4.79 Å². The van der Waals surface area contributed by atoms with E-state index in [1.54, 1.807) is 11.2 Å². The van der Waals surface area contributed by atoms with Gasteiger partial charge in [0.2, 0.25) is 0 Å². The van der Waals surface area contributed by atoms with Crippen molar-refractivity contribution >= 4 is 17.5 Å². The Balaban J connectivity index is 1.73.